The summed E-state index contributed by atoms with van der Waals surface area (Å²) in [6.45, 7) is 4.66. The number of carbonyl (C=O) groups excluding carboxylic acids is 1. The Kier molecular flexibility index (Phi) is 4.16. The Morgan fingerprint density at radius 2 is 2.37 bits per heavy atom. The van der Waals surface area contributed by atoms with Gasteiger partial charge in [-0.05, 0) is 26.8 Å². The highest BCUT2D eigenvalue weighted by molar-refractivity contribution is 7.09. The lowest BCUT2D eigenvalue weighted by Gasteiger charge is -2.18. The molecule has 1 aliphatic rings. The number of nitrogens with one attached hydrogen (secondary N) is 2. The molecule has 1 aromatic heterocycles. The Morgan fingerprint density at radius 3 is 2.89 bits per heavy atom. The van der Waals surface area contributed by atoms with Gasteiger partial charge < -0.3 is 15.7 Å². The average Bonchev–Trinajstić information content (AvgIpc) is 2.96. The van der Waals surface area contributed by atoms with Gasteiger partial charge in [0.15, 0.2) is 5.69 Å². The van der Waals surface area contributed by atoms with E-state index < -0.39 is 5.97 Å². The topological polar surface area (TPSA) is 91.3 Å². The molecule has 3 unspecified atom stereocenters. The van der Waals surface area contributed by atoms with Crippen LogP contribution in [0.3, 0.4) is 0 Å². The zero-order chi connectivity index (χ0) is 14.0. The highest BCUT2D eigenvalue weighted by atomic mass is 32.1. The largest absolute Gasteiger partial charge is 0.476 e. The first kappa shape index (κ1) is 14.0. The van der Waals surface area contributed by atoms with Gasteiger partial charge in [-0.15, -0.1) is 11.3 Å². The van der Waals surface area contributed by atoms with Crippen molar-refractivity contribution in [3.05, 3.63) is 16.1 Å². The lowest BCUT2D eigenvalue weighted by atomic mass is 10.0. The van der Waals surface area contributed by atoms with Crippen molar-refractivity contribution < 1.29 is 14.7 Å². The van der Waals surface area contributed by atoms with Crippen LogP contribution < -0.4 is 10.6 Å². The summed E-state index contributed by atoms with van der Waals surface area (Å²) in [7, 11) is 0. The maximum Gasteiger partial charge on any atom is 0.355 e. The SMILES string of the molecule is CC(NC(=O)C1CCNC1C)c1nc(C(=O)O)cs1. The number of amides is 1. The van der Waals surface area contributed by atoms with Crippen LogP contribution in [0, 0.1) is 5.92 Å². The zero-order valence-corrected chi connectivity index (χ0v) is 11.7. The molecule has 0 saturated carbocycles. The fraction of sp³-hybridized carbons (Fsp3) is 0.583. The van der Waals surface area contributed by atoms with E-state index in [0.29, 0.717) is 5.01 Å². The lowest BCUT2D eigenvalue weighted by Crippen LogP contribution is -2.37. The number of carboxylic acid groups (broad SMARTS) is 1. The molecule has 0 radical (unpaired) electrons. The van der Waals surface area contributed by atoms with Crippen LogP contribution >= 0.6 is 11.3 Å². The van der Waals surface area contributed by atoms with E-state index in [2.05, 4.69) is 15.6 Å². The monoisotopic (exact) mass is 283 g/mol. The summed E-state index contributed by atoms with van der Waals surface area (Å²) in [6.07, 6.45) is 0.831. The van der Waals surface area contributed by atoms with Crippen LogP contribution in [0.5, 0.6) is 0 Å². The van der Waals surface area contributed by atoms with Gasteiger partial charge in [0.25, 0.3) is 0 Å². The predicted octanol–water partition coefficient (Wildman–Crippen LogP) is 1.02. The molecular formula is C12H17N3O3S. The molecule has 0 aromatic carbocycles. The first-order valence-corrected chi connectivity index (χ1v) is 7.09. The number of rotatable bonds is 4. The third-order valence-electron chi connectivity index (χ3n) is 3.33. The van der Waals surface area contributed by atoms with Crippen molar-refractivity contribution in [3.63, 3.8) is 0 Å². The fourth-order valence-corrected chi connectivity index (χ4v) is 2.98. The number of hydrogen-bond acceptors (Lipinski definition) is 5. The first-order valence-electron chi connectivity index (χ1n) is 6.21. The molecule has 0 bridgehead atoms. The van der Waals surface area contributed by atoms with Gasteiger partial charge in [-0.2, -0.15) is 0 Å². The third kappa shape index (κ3) is 3.10. The number of aromatic carboxylic acids is 1. The number of carboxylic acids is 1. The number of hydrogen-bond donors (Lipinski definition) is 3. The van der Waals surface area contributed by atoms with Crippen LogP contribution in [0.15, 0.2) is 5.38 Å². The van der Waals surface area contributed by atoms with Crippen molar-refractivity contribution in [2.45, 2.75) is 32.4 Å². The van der Waals surface area contributed by atoms with Crippen LogP contribution in [0.1, 0.15) is 41.8 Å². The van der Waals surface area contributed by atoms with Gasteiger partial charge in [0, 0.05) is 11.4 Å². The predicted molar refractivity (Wildman–Crippen MR) is 71.2 cm³/mol. The summed E-state index contributed by atoms with van der Waals surface area (Å²) in [5.74, 6) is -1.08. The van der Waals surface area contributed by atoms with Crippen LogP contribution in [0.2, 0.25) is 0 Å². The molecule has 2 heterocycles. The standard InChI is InChI=1S/C12H17N3O3S/c1-6-8(3-4-13-6)10(16)14-7(2)11-15-9(5-19-11)12(17)18/h5-8,13H,3-4H2,1-2H3,(H,14,16)(H,17,18). The van der Waals surface area contributed by atoms with Crippen molar-refractivity contribution >= 4 is 23.2 Å². The quantitative estimate of drug-likeness (QED) is 0.767. The van der Waals surface area contributed by atoms with Crippen molar-refractivity contribution in [1.29, 1.82) is 0 Å². The summed E-state index contributed by atoms with van der Waals surface area (Å²) < 4.78 is 0. The molecule has 3 atom stereocenters. The molecule has 1 aromatic rings. The highest BCUT2D eigenvalue weighted by Gasteiger charge is 2.30. The summed E-state index contributed by atoms with van der Waals surface area (Å²) in [5.41, 5.74) is 0.0250. The van der Waals surface area contributed by atoms with Crippen LogP contribution in [-0.2, 0) is 4.79 Å². The Hall–Kier alpha value is -1.47. The Morgan fingerprint density at radius 1 is 1.63 bits per heavy atom. The van der Waals surface area contributed by atoms with Gasteiger partial charge in [-0.25, -0.2) is 9.78 Å². The van der Waals surface area contributed by atoms with E-state index in [-0.39, 0.29) is 29.6 Å². The smallest absolute Gasteiger partial charge is 0.355 e. The van der Waals surface area contributed by atoms with Crippen LogP contribution in [-0.4, -0.2) is 34.6 Å². The van der Waals surface area contributed by atoms with Crippen LogP contribution in [0.4, 0.5) is 0 Å². The van der Waals surface area contributed by atoms with E-state index >= 15 is 0 Å². The van der Waals surface area contributed by atoms with E-state index in [0.717, 1.165) is 13.0 Å². The number of carbonyl (C=O) groups is 2. The second kappa shape index (κ2) is 5.66. The molecular weight excluding hydrogens is 266 g/mol. The molecule has 7 heteroatoms. The number of aromatic nitrogens is 1. The van der Waals surface area contributed by atoms with Gasteiger partial charge in [0.1, 0.15) is 5.01 Å². The zero-order valence-electron chi connectivity index (χ0n) is 10.8. The molecule has 2 rings (SSSR count). The van der Waals surface area contributed by atoms with Gasteiger partial charge in [0.2, 0.25) is 5.91 Å². The Labute approximate surface area is 115 Å². The second-order valence-corrected chi connectivity index (χ2v) is 5.63. The van der Waals surface area contributed by atoms with Crippen LogP contribution in [0.25, 0.3) is 0 Å². The molecule has 1 fully saturated rings. The Bertz CT molecular complexity index is 488. The van der Waals surface area contributed by atoms with Gasteiger partial charge in [-0.1, -0.05) is 0 Å². The normalized spacial score (nSPS) is 24.1. The lowest BCUT2D eigenvalue weighted by molar-refractivity contribution is -0.125. The first-order chi connectivity index (χ1) is 8.99. The van der Waals surface area contributed by atoms with E-state index in [9.17, 15) is 9.59 Å². The van der Waals surface area contributed by atoms with Gasteiger partial charge in [0.05, 0.1) is 12.0 Å². The molecule has 0 spiro atoms. The highest BCUT2D eigenvalue weighted by Crippen LogP contribution is 2.21. The molecule has 0 aliphatic carbocycles. The van der Waals surface area contributed by atoms with Gasteiger partial charge in [-0.3, -0.25) is 4.79 Å². The molecule has 104 valence electrons. The summed E-state index contributed by atoms with van der Waals surface area (Å²) >= 11 is 1.25. The van der Waals surface area contributed by atoms with Crippen molar-refractivity contribution in [2.24, 2.45) is 5.92 Å². The molecule has 1 saturated heterocycles. The van der Waals surface area contributed by atoms with E-state index in [1.165, 1.54) is 16.7 Å². The van der Waals surface area contributed by atoms with Crippen molar-refractivity contribution in [3.8, 4) is 0 Å². The maximum absolute atomic E-state index is 12.1. The molecule has 19 heavy (non-hydrogen) atoms. The molecule has 6 nitrogen and oxygen atoms in total. The number of thiazole rings is 1. The number of nitrogens with zero attached hydrogens (tertiary/aromatic N) is 1. The van der Waals surface area contributed by atoms with Gasteiger partial charge >= 0.3 is 5.97 Å². The average molecular weight is 283 g/mol. The minimum absolute atomic E-state index is 0.00271. The summed E-state index contributed by atoms with van der Waals surface area (Å²) in [4.78, 5) is 26.8. The molecule has 1 amide bonds. The van der Waals surface area contributed by atoms with E-state index in [4.69, 9.17) is 5.11 Å². The van der Waals surface area contributed by atoms with Crippen molar-refractivity contribution in [1.82, 2.24) is 15.6 Å². The minimum atomic E-state index is -1.05. The summed E-state index contributed by atoms with van der Waals surface area (Å²) in [6, 6.07) is -0.0866. The molecule has 3 N–H and O–H groups in total. The maximum atomic E-state index is 12.1. The minimum Gasteiger partial charge on any atom is -0.476 e. The third-order valence-corrected chi connectivity index (χ3v) is 4.36. The molecule has 1 aliphatic heterocycles. The Balaban J connectivity index is 1.98. The van der Waals surface area contributed by atoms with E-state index in [1.54, 1.807) is 0 Å². The second-order valence-electron chi connectivity index (χ2n) is 4.74. The summed E-state index contributed by atoms with van der Waals surface area (Å²) in [5, 5.41) is 17.0. The van der Waals surface area contributed by atoms with Crippen molar-refractivity contribution in [2.75, 3.05) is 6.54 Å². The van der Waals surface area contributed by atoms with E-state index in [1.807, 2.05) is 13.8 Å². The fourth-order valence-electron chi connectivity index (χ4n) is 2.18.